The summed E-state index contributed by atoms with van der Waals surface area (Å²) in [6, 6.07) is -0.208. The van der Waals surface area contributed by atoms with Crippen molar-refractivity contribution in [2.24, 2.45) is 17.6 Å². The second kappa shape index (κ2) is 26.7. The maximum absolute atomic E-state index is 12.5. The van der Waals surface area contributed by atoms with Gasteiger partial charge in [-0.05, 0) is 38.0 Å². The Bertz CT molecular complexity index is 490. The third kappa shape index (κ3) is 23.6. The smallest absolute Gasteiger partial charge is 0.483 e. The van der Waals surface area contributed by atoms with Gasteiger partial charge in [-0.25, -0.2) is 9.18 Å². The molecule has 3 N–H and O–H groups in total. The van der Waals surface area contributed by atoms with Crippen LogP contribution in [-0.2, 0) is 28.5 Å². The zero-order valence-electron chi connectivity index (χ0n) is 22.7. The van der Waals surface area contributed by atoms with Gasteiger partial charge in [0.2, 0.25) is 6.29 Å². The van der Waals surface area contributed by atoms with Gasteiger partial charge in [0.15, 0.2) is 0 Å². The number of ether oxygens (including phenoxy) is 4. The van der Waals surface area contributed by atoms with Crippen LogP contribution in [0.3, 0.4) is 0 Å². The van der Waals surface area contributed by atoms with Crippen molar-refractivity contribution in [3.8, 4) is 0 Å². The zero-order valence-corrected chi connectivity index (χ0v) is 22.7. The molecule has 2 aliphatic carbocycles. The molecular weight excluding hydrogens is 461 g/mol. The molecule has 4 unspecified atom stereocenters. The molecule has 0 spiro atoms. The van der Waals surface area contributed by atoms with Crippen molar-refractivity contribution in [2.75, 3.05) is 13.2 Å². The lowest BCUT2D eigenvalue weighted by Crippen LogP contribution is -2.27. The number of carbonyl (C=O) groups is 3. The molecule has 35 heavy (non-hydrogen) atoms. The fourth-order valence-electron chi connectivity index (χ4n) is 3.07. The van der Waals surface area contributed by atoms with Gasteiger partial charge in [0, 0.05) is 32.1 Å². The quantitative estimate of drug-likeness (QED) is 0.178. The van der Waals surface area contributed by atoms with Crippen molar-refractivity contribution in [3.05, 3.63) is 0 Å². The second-order valence-corrected chi connectivity index (χ2v) is 8.08. The average Bonchev–Trinajstić information content (AvgIpc) is 3.38. The Morgan fingerprint density at radius 1 is 1.17 bits per heavy atom. The Balaban J connectivity index is -0.000000466. The summed E-state index contributed by atoms with van der Waals surface area (Å²) in [6.45, 7) is 15.3. The Labute approximate surface area is 211 Å². The number of hydrogen-bond donors (Lipinski definition) is 2. The number of carbonyl (C=O) groups excluding carboxylic acids is 2. The van der Waals surface area contributed by atoms with Crippen LogP contribution in [0.15, 0.2) is 0 Å². The summed E-state index contributed by atoms with van der Waals surface area (Å²) >= 11 is 0. The van der Waals surface area contributed by atoms with Crippen molar-refractivity contribution in [1.29, 1.82) is 0 Å². The molecule has 2 saturated carbocycles. The molecule has 2 fully saturated rings. The van der Waals surface area contributed by atoms with Gasteiger partial charge in [-0.3, -0.25) is 9.59 Å². The molecule has 0 aromatic carbocycles. The zero-order chi connectivity index (χ0) is 27.6. The molecule has 210 valence electrons. The lowest BCUT2D eigenvalue weighted by Gasteiger charge is -2.26. The summed E-state index contributed by atoms with van der Waals surface area (Å²) < 4.78 is 32.0. The molecule has 0 saturated heterocycles. The first-order valence-electron chi connectivity index (χ1n) is 12.7. The molecular formula is C25H50FNO8. The predicted molar refractivity (Wildman–Crippen MR) is 134 cm³/mol. The first kappa shape index (κ1) is 37.6. The minimum Gasteiger partial charge on any atom is -0.483 e. The van der Waals surface area contributed by atoms with E-state index in [4.69, 9.17) is 29.8 Å². The SMILES string of the molecule is CC.CC1CCCC(OC(=O)OC(C)OC=O)C1.CCC.CCCOCC[C@H]1C(F)[C@H]1N.O=CO. The van der Waals surface area contributed by atoms with E-state index >= 15 is 0 Å². The molecule has 0 bridgehead atoms. The largest absolute Gasteiger partial charge is 0.511 e. The second-order valence-electron chi connectivity index (χ2n) is 8.08. The number of rotatable bonds is 9. The summed E-state index contributed by atoms with van der Waals surface area (Å²) in [7, 11) is 0. The topological polar surface area (TPSA) is 134 Å². The molecule has 0 aliphatic heterocycles. The molecule has 0 radical (unpaired) electrons. The van der Waals surface area contributed by atoms with Gasteiger partial charge in [0.1, 0.15) is 12.3 Å². The van der Waals surface area contributed by atoms with Gasteiger partial charge in [0.05, 0.1) is 0 Å². The van der Waals surface area contributed by atoms with Crippen molar-refractivity contribution in [2.45, 2.75) is 118 Å². The highest BCUT2D eigenvalue weighted by atomic mass is 19.1. The van der Waals surface area contributed by atoms with E-state index in [1.54, 1.807) is 0 Å². The Morgan fingerprint density at radius 2 is 1.71 bits per heavy atom. The van der Waals surface area contributed by atoms with Crippen LogP contribution in [0.5, 0.6) is 0 Å². The van der Waals surface area contributed by atoms with Gasteiger partial charge in [-0.1, -0.05) is 54.4 Å². The summed E-state index contributed by atoms with van der Waals surface area (Å²) in [5, 5.41) is 6.89. The highest BCUT2D eigenvalue weighted by Gasteiger charge is 2.47. The fourth-order valence-corrected chi connectivity index (χ4v) is 3.07. The summed E-state index contributed by atoms with van der Waals surface area (Å²) in [4.78, 5) is 29.6. The summed E-state index contributed by atoms with van der Waals surface area (Å²) in [5.41, 5.74) is 5.39. The highest BCUT2D eigenvalue weighted by molar-refractivity contribution is 5.60. The van der Waals surface area contributed by atoms with Gasteiger partial charge >= 0.3 is 6.16 Å². The Hall–Kier alpha value is -1.94. The van der Waals surface area contributed by atoms with Crippen LogP contribution in [0, 0.1) is 11.8 Å². The lowest BCUT2D eigenvalue weighted by atomic mass is 9.89. The maximum Gasteiger partial charge on any atom is 0.511 e. The van der Waals surface area contributed by atoms with Crippen LogP contribution in [0.25, 0.3) is 0 Å². The number of alkyl halides is 1. The molecule has 2 rings (SSSR count). The fraction of sp³-hybridized carbons (Fsp3) is 0.880. The van der Waals surface area contributed by atoms with E-state index in [0.29, 0.717) is 12.5 Å². The highest BCUT2D eigenvalue weighted by Crippen LogP contribution is 2.35. The molecule has 9 nitrogen and oxygen atoms in total. The van der Waals surface area contributed by atoms with Crippen molar-refractivity contribution < 1.29 is 42.8 Å². The first-order valence-corrected chi connectivity index (χ1v) is 12.7. The van der Waals surface area contributed by atoms with Crippen LogP contribution in [0.2, 0.25) is 0 Å². The van der Waals surface area contributed by atoms with Crippen LogP contribution in [0.4, 0.5) is 9.18 Å². The lowest BCUT2D eigenvalue weighted by molar-refractivity contribution is -0.153. The number of hydrogen-bond acceptors (Lipinski definition) is 8. The molecule has 10 heteroatoms. The maximum atomic E-state index is 12.5. The molecule has 0 aromatic heterocycles. The van der Waals surface area contributed by atoms with E-state index < -0.39 is 18.6 Å². The van der Waals surface area contributed by atoms with Crippen LogP contribution in [0.1, 0.15) is 93.4 Å². The summed E-state index contributed by atoms with van der Waals surface area (Å²) in [6.07, 6.45) is 4.55. The van der Waals surface area contributed by atoms with E-state index in [0.717, 1.165) is 38.7 Å². The average molecular weight is 512 g/mol. The van der Waals surface area contributed by atoms with Crippen molar-refractivity contribution in [1.82, 2.24) is 0 Å². The number of halogens is 1. The third-order valence-corrected chi connectivity index (χ3v) is 4.73. The normalized spacial score (nSPS) is 24.4. The van der Waals surface area contributed by atoms with Gasteiger partial charge < -0.3 is 29.8 Å². The molecule has 0 amide bonds. The molecule has 6 atom stereocenters. The number of nitrogens with two attached hydrogens (primary N) is 1. The van der Waals surface area contributed by atoms with Crippen LogP contribution >= 0.6 is 0 Å². The van der Waals surface area contributed by atoms with Crippen LogP contribution in [-0.4, -0.2) is 62.0 Å². The summed E-state index contributed by atoms with van der Waals surface area (Å²) in [5.74, 6) is 0.655. The third-order valence-electron chi connectivity index (χ3n) is 4.73. The van der Waals surface area contributed by atoms with E-state index in [1.165, 1.54) is 19.8 Å². The van der Waals surface area contributed by atoms with Gasteiger partial charge in [-0.2, -0.15) is 0 Å². The van der Waals surface area contributed by atoms with Gasteiger partial charge in [0.25, 0.3) is 12.9 Å². The Kier molecular flexibility index (Phi) is 28.6. The van der Waals surface area contributed by atoms with Gasteiger partial charge in [-0.15, -0.1) is 0 Å². The van der Waals surface area contributed by atoms with E-state index in [1.807, 2.05) is 13.8 Å². The predicted octanol–water partition coefficient (Wildman–Crippen LogP) is 5.48. The Morgan fingerprint density at radius 3 is 2.14 bits per heavy atom. The van der Waals surface area contributed by atoms with E-state index in [2.05, 4.69) is 32.4 Å². The standard InChI is InChI=1S/C11H18O5.C8H16FNO.C3H8.C2H6.CH2O2/c1-8-4-3-5-10(6-8)16-11(13)15-9(2)14-7-12;1-2-4-11-5-3-6-7(9)8(6)10;1-3-2;1-2;2-1-3/h7-10H,3-6H2,1-2H3;6-8H,2-5,10H2,1H3;3H2,1-2H3;1-2H3;1H,(H,2,3)/t;6-,7?,8-;;;/m.0.../s1. The van der Waals surface area contributed by atoms with E-state index in [-0.39, 0.29) is 31.0 Å². The van der Waals surface area contributed by atoms with Crippen molar-refractivity contribution >= 4 is 19.1 Å². The first-order chi connectivity index (χ1) is 16.7. The van der Waals surface area contributed by atoms with E-state index in [9.17, 15) is 14.0 Å². The van der Waals surface area contributed by atoms with Crippen molar-refractivity contribution in [3.63, 3.8) is 0 Å². The molecule has 2 aliphatic rings. The van der Waals surface area contributed by atoms with Crippen LogP contribution < -0.4 is 5.73 Å². The molecule has 0 heterocycles. The minimum absolute atomic E-state index is 0.0697. The molecule has 0 aromatic rings. The minimum atomic E-state index is -0.897. The number of carboxylic acid groups (broad SMARTS) is 1. The monoisotopic (exact) mass is 511 g/mol.